The van der Waals surface area contributed by atoms with Crippen molar-refractivity contribution in [1.29, 1.82) is 0 Å². The molecule has 0 amide bonds. The Morgan fingerprint density at radius 2 is 2.33 bits per heavy atom. The first-order valence-electron chi connectivity index (χ1n) is 5.10. The highest BCUT2D eigenvalue weighted by atomic mass is 32.2. The fourth-order valence-electron chi connectivity index (χ4n) is 1.72. The smallest absolute Gasteiger partial charge is 0.173 e. The molecule has 0 aromatic rings. The summed E-state index contributed by atoms with van der Waals surface area (Å²) in [6.07, 6.45) is 7.62. The van der Waals surface area contributed by atoms with Gasteiger partial charge in [-0.3, -0.25) is 0 Å². The third-order valence-electron chi connectivity index (χ3n) is 2.56. The van der Waals surface area contributed by atoms with Crippen molar-refractivity contribution >= 4 is 9.84 Å². The van der Waals surface area contributed by atoms with Gasteiger partial charge < -0.3 is 10.1 Å². The second kappa shape index (κ2) is 4.37. The second-order valence-electron chi connectivity index (χ2n) is 3.88. The van der Waals surface area contributed by atoms with E-state index in [2.05, 4.69) is 5.32 Å². The minimum atomic E-state index is -2.95. The van der Waals surface area contributed by atoms with Crippen molar-refractivity contribution in [2.24, 2.45) is 0 Å². The lowest BCUT2D eigenvalue weighted by Gasteiger charge is -2.21. The molecule has 1 N–H and O–H groups in total. The maximum atomic E-state index is 11.1. The zero-order valence-corrected chi connectivity index (χ0v) is 9.24. The van der Waals surface area contributed by atoms with Crippen molar-refractivity contribution in [2.45, 2.75) is 25.0 Å². The monoisotopic (exact) mass is 229 g/mol. The maximum Gasteiger partial charge on any atom is 0.173 e. The first-order chi connectivity index (χ1) is 7.16. The van der Waals surface area contributed by atoms with E-state index in [4.69, 9.17) is 4.74 Å². The molecule has 0 fully saturated rings. The van der Waals surface area contributed by atoms with Crippen molar-refractivity contribution < 1.29 is 13.2 Å². The highest BCUT2D eigenvalue weighted by Crippen LogP contribution is 2.11. The zero-order chi connectivity index (χ0) is 10.7. The molecule has 2 aliphatic heterocycles. The van der Waals surface area contributed by atoms with E-state index in [0.717, 1.165) is 12.8 Å². The summed E-state index contributed by atoms with van der Waals surface area (Å²) in [5, 5.41) is 4.47. The molecule has 15 heavy (non-hydrogen) atoms. The molecule has 2 aliphatic rings. The normalized spacial score (nSPS) is 32.8. The van der Waals surface area contributed by atoms with Crippen LogP contribution in [0.1, 0.15) is 12.8 Å². The van der Waals surface area contributed by atoms with Gasteiger partial charge in [-0.1, -0.05) is 6.08 Å². The Balaban J connectivity index is 1.75. The summed E-state index contributed by atoms with van der Waals surface area (Å²) in [6.45, 7) is 0.703. The summed E-state index contributed by atoms with van der Waals surface area (Å²) < 4.78 is 27.6. The molecule has 2 atom stereocenters. The lowest BCUT2D eigenvalue weighted by molar-refractivity contribution is 0.121. The minimum absolute atomic E-state index is 0.0514. The van der Waals surface area contributed by atoms with Crippen molar-refractivity contribution in [3.05, 3.63) is 23.8 Å². The molecule has 5 heteroatoms. The van der Waals surface area contributed by atoms with E-state index in [0.29, 0.717) is 6.54 Å². The summed E-state index contributed by atoms with van der Waals surface area (Å²) >= 11 is 0. The number of nitrogens with one attached hydrogen (secondary N) is 1. The van der Waals surface area contributed by atoms with Crippen molar-refractivity contribution in [3.8, 4) is 0 Å². The van der Waals surface area contributed by atoms with Gasteiger partial charge in [-0.05, 0) is 18.9 Å². The maximum absolute atomic E-state index is 11.1. The number of rotatable bonds is 3. The molecule has 4 nitrogen and oxygen atoms in total. The summed E-state index contributed by atoms with van der Waals surface area (Å²) in [6, 6.07) is -0.0514. The number of hydrogen-bond donors (Lipinski definition) is 1. The van der Waals surface area contributed by atoms with Gasteiger partial charge in [-0.25, -0.2) is 8.42 Å². The Kier molecular flexibility index (Phi) is 3.11. The Morgan fingerprint density at radius 3 is 2.93 bits per heavy atom. The van der Waals surface area contributed by atoms with Gasteiger partial charge in [0.05, 0.1) is 12.0 Å². The lowest BCUT2D eigenvalue weighted by atomic mass is 10.1. The molecule has 2 heterocycles. The van der Waals surface area contributed by atoms with Crippen LogP contribution in [0, 0.1) is 0 Å². The van der Waals surface area contributed by atoms with Crippen LogP contribution in [-0.2, 0) is 14.6 Å². The third kappa shape index (κ3) is 3.07. The zero-order valence-electron chi connectivity index (χ0n) is 8.43. The molecule has 0 saturated heterocycles. The van der Waals surface area contributed by atoms with Gasteiger partial charge in [0.15, 0.2) is 9.84 Å². The molecule has 0 spiro atoms. The minimum Gasteiger partial charge on any atom is -0.497 e. The topological polar surface area (TPSA) is 55.4 Å². The van der Waals surface area contributed by atoms with Gasteiger partial charge in [-0.15, -0.1) is 0 Å². The summed E-state index contributed by atoms with van der Waals surface area (Å²) in [4.78, 5) is 0. The van der Waals surface area contributed by atoms with Crippen LogP contribution in [0.2, 0.25) is 0 Å². The van der Waals surface area contributed by atoms with E-state index in [1.165, 1.54) is 5.41 Å². The average Bonchev–Trinajstić information content (AvgIpc) is 2.57. The van der Waals surface area contributed by atoms with E-state index < -0.39 is 9.84 Å². The molecule has 0 bridgehead atoms. The quantitative estimate of drug-likeness (QED) is 0.769. The second-order valence-corrected chi connectivity index (χ2v) is 5.81. The van der Waals surface area contributed by atoms with Crippen molar-refractivity contribution in [2.75, 3.05) is 12.3 Å². The molecule has 0 aliphatic carbocycles. The first-order valence-corrected chi connectivity index (χ1v) is 6.82. The van der Waals surface area contributed by atoms with Crippen molar-refractivity contribution in [3.63, 3.8) is 0 Å². The summed E-state index contributed by atoms with van der Waals surface area (Å²) in [5.41, 5.74) is 0. The molecule has 2 unspecified atom stereocenters. The van der Waals surface area contributed by atoms with Crippen LogP contribution in [0.4, 0.5) is 0 Å². The van der Waals surface area contributed by atoms with Crippen LogP contribution in [0.3, 0.4) is 0 Å². The van der Waals surface area contributed by atoms with Crippen molar-refractivity contribution in [1.82, 2.24) is 5.32 Å². The van der Waals surface area contributed by atoms with Crippen LogP contribution in [0.5, 0.6) is 0 Å². The van der Waals surface area contributed by atoms with Crippen LogP contribution in [0.15, 0.2) is 23.8 Å². The van der Waals surface area contributed by atoms with E-state index in [-0.39, 0.29) is 17.9 Å². The molecular weight excluding hydrogens is 214 g/mol. The number of sulfone groups is 1. The van der Waals surface area contributed by atoms with E-state index in [1.807, 2.05) is 6.08 Å². The number of allylic oxidation sites excluding steroid dienone is 1. The van der Waals surface area contributed by atoms with E-state index in [1.54, 1.807) is 12.3 Å². The Labute approximate surface area is 89.9 Å². The highest BCUT2D eigenvalue weighted by molar-refractivity contribution is 7.94. The Hall–Kier alpha value is -0.810. The van der Waals surface area contributed by atoms with Gasteiger partial charge in [0.2, 0.25) is 0 Å². The molecule has 0 radical (unpaired) electrons. The van der Waals surface area contributed by atoms with Gasteiger partial charge in [0, 0.05) is 18.0 Å². The van der Waals surface area contributed by atoms with E-state index >= 15 is 0 Å². The van der Waals surface area contributed by atoms with E-state index in [9.17, 15) is 8.42 Å². The highest BCUT2D eigenvalue weighted by Gasteiger charge is 2.22. The first kappa shape index (κ1) is 10.7. The van der Waals surface area contributed by atoms with Gasteiger partial charge in [-0.2, -0.15) is 0 Å². The van der Waals surface area contributed by atoms with Crippen LogP contribution < -0.4 is 5.32 Å². The van der Waals surface area contributed by atoms with Gasteiger partial charge in [0.25, 0.3) is 0 Å². The molecule has 0 aromatic heterocycles. The molecule has 0 aromatic carbocycles. The molecule has 0 saturated carbocycles. The van der Waals surface area contributed by atoms with Crippen LogP contribution in [-0.4, -0.2) is 32.9 Å². The van der Waals surface area contributed by atoms with Gasteiger partial charge >= 0.3 is 0 Å². The standard InChI is InChI=1S/C10H15NO3S/c12-15(13)6-4-9(8-15)11-7-10-3-1-2-5-14-10/h2,4-6,9-11H,1,3,7-8H2. The SMILES string of the molecule is O=S1(=O)C=CC(NCC2CCC=CO2)C1. The molecular formula is C10H15NO3S. The fourth-order valence-corrected chi connectivity index (χ4v) is 2.99. The summed E-state index contributed by atoms with van der Waals surface area (Å²) in [7, 11) is -2.95. The molecule has 2 rings (SSSR count). The fraction of sp³-hybridized carbons (Fsp3) is 0.600. The van der Waals surface area contributed by atoms with Crippen LogP contribution in [0.25, 0.3) is 0 Å². The largest absolute Gasteiger partial charge is 0.497 e. The number of ether oxygens (including phenoxy) is 1. The third-order valence-corrected chi connectivity index (χ3v) is 3.96. The number of hydrogen-bond acceptors (Lipinski definition) is 4. The average molecular weight is 229 g/mol. The predicted molar refractivity (Wildman–Crippen MR) is 58.0 cm³/mol. The Morgan fingerprint density at radius 1 is 1.47 bits per heavy atom. The van der Waals surface area contributed by atoms with Crippen LogP contribution >= 0.6 is 0 Å². The molecule has 84 valence electrons. The Bertz CT molecular complexity index is 372. The predicted octanol–water partition coefficient (Wildman–Crippen LogP) is 0.579. The lowest BCUT2D eigenvalue weighted by Crippen LogP contribution is -2.37. The van der Waals surface area contributed by atoms with Gasteiger partial charge in [0.1, 0.15) is 6.10 Å². The summed E-state index contributed by atoms with van der Waals surface area (Å²) in [5.74, 6) is 0.176.